The molecule has 0 aliphatic carbocycles. The van der Waals surface area contributed by atoms with E-state index >= 15 is 0 Å². The van der Waals surface area contributed by atoms with Gasteiger partial charge in [-0.05, 0) is 26.0 Å². The molecule has 3 amide bonds. The van der Waals surface area contributed by atoms with Crippen LogP contribution in [0.15, 0.2) is 30.3 Å². The third kappa shape index (κ3) is 4.86. The number of amides is 3. The molecular weight excluding hydrogens is 380 g/mol. The maximum absolute atomic E-state index is 12.3. The number of nitrogens with zero attached hydrogens (tertiary/aromatic N) is 3. The molecule has 0 radical (unpaired) electrons. The van der Waals surface area contributed by atoms with Gasteiger partial charge in [-0.2, -0.15) is 0 Å². The minimum absolute atomic E-state index is 0.194. The Labute approximate surface area is 167 Å². The highest BCUT2D eigenvalue weighted by atomic mass is 32.1. The van der Waals surface area contributed by atoms with E-state index < -0.39 is 5.97 Å². The van der Waals surface area contributed by atoms with Crippen molar-refractivity contribution in [2.24, 2.45) is 0 Å². The second-order valence-corrected chi connectivity index (χ2v) is 7.59. The molecule has 8 nitrogen and oxygen atoms in total. The summed E-state index contributed by atoms with van der Waals surface area (Å²) in [6, 6.07) is 9.02. The van der Waals surface area contributed by atoms with Crippen LogP contribution in [0.2, 0.25) is 0 Å². The quantitative estimate of drug-likeness (QED) is 0.793. The van der Waals surface area contributed by atoms with Gasteiger partial charge in [0.1, 0.15) is 4.88 Å². The van der Waals surface area contributed by atoms with Crippen LogP contribution in [-0.2, 0) is 9.53 Å². The zero-order chi connectivity index (χ0) is 20.1. The lowest BCUT2D eigenvalue weighted by Crippen LogP contribution is -2.52. The number of hydrogen-bond acceptors (Lipinski definition) is 6. The summed E-state index contributed by atoms with van der Waals surface area (Å²) >= 11 is 1.25. The summed E-state index contributed by atoms with van der Waals surface area (Å²) in [5.74, 6) is -0.798. The van der Waals surface area contributed by atoms with Crippen molar-refractivity contribution in [2.45, 2.75) is 13.8 Å². The van der Waals surface area contributed by atoms with E-state index in [-0.39, 0.29) is 18.5 Å². The van der Waals surface area contributed by atoms with Crippen molar-refractivity contribution in [3.8, 4) is 0 Å². The number of rotatable bonds is 4. The number of carbonyl (C=O) groups excluding carboxylic acids is 3. The monoisotopic (exact) mass is 402 g/mol. The molecule has 2 heterocycles. The molecule has 1 aromatic heterocycles. The molecule has 1 fully saturated rings. The normalized spacial score (nSPS) is 13.9. The van der Waals surface area contributed by atoms with Gasteiger partial charge in [-0.15, -0.1) is 11.3 Å². The first kappa shape index (κ1) is 19.8. The van der Waals surface area contributed by atoms with Gasteiger partial charge >= 0.3 is 12.0 Å². The predicted octanol–water partition coefficient (Wildman–Crippen LogP) is 2.29. The highest BCUT2D eigenvalue weighted by Crippen LogP contribution is 2.18. The summed E-state index contributed by atoms with van der Waals surface area (Å²) in [7, 11) is 0. The fraction of sp³-hybridized carbons (Fsp3) is 0.368. The summed E-state index contributed by atoms with van der Waals surface area (Å²) in [6.45, 7) is 4.88. The van der Waals surface area contributed by atoms with E-state index in [2.05, 4.69) is 10.3 Å². The maximum Gasteiger partial charge on any atom is 0.350 e. The molecule has 1 aromatic carbocycles. The third-order valence-corrected chi connectivity index (χ3v) is 5.41. The van der Waals surface area contributed by atoms with Gasteiger partial charge in [-0.3, -0.25) is 4.79 Å². The van der Waals surface area contributed by atoms with Crippen LogP contribution in [0.25, 0.3) is 0 Å². The van der Waals surface area contributed by atoms with Crippen LogP contribution in [0.5, 0.6) is 0 Å². The van der Waals surface area contributed by atoms with Crippen LogP contribution in [-0.4, -0.2) is 65.5 Å². The van der Waals surface area contributed by atoms with Crippen molar-refractivity contribution in [3.05, 3.63) is 45.9 Å². The zero-order valence-corrected chi connectivity index (χ0v) is 16.6. The van der Waals surface area contributed by atoms with Gasteiger partial charge in [0.15, 0.2) is 6.61 Å². The maximum atomic E-state index is 12.3. The number of para-hydroxylation sites is 1. The first-order valence-corrected chi connectivity index (χ1v) is 9.75. The van der Waals surface area contributed by atoms with Gasteiger partial charge in [0.05, 0.1) is 10.7 Å². The van der Waals surface area contributed by atoms with E-state index in [1.165, 1.54) is 11.3 Å². The smallest absolute Gasteiger partial charge is 0.350 e. The van der Waals surface area contributed by atoms with Crippen molar-refractivity contribution in [1.82, 2.24) is 14.8 Å². The van der Waals surface area contributed by atoms with Crippen molar-refractivity contribution in [2.75, 3.05) is 38.1 Å². The van der Waals surface area contributed by atoms with Crippen LogP contribution < -0.4 is 5.32 Å². The second kappa shape index (κ2) is 8.83. The molecule has 28 heavy (non-hydrogen) atoms. The van der Waals surface area contributed by atoms with E-state index in [0.29, 0.717) is 36.8 Å². The van der Waals surface area contributed by atoms with Crippen molar-refractivity contribution in [3.63, 3.8) is 0 Å². The summed E-state index contributed by atoms with van der Waals surface area (Å²) in [6.07, 6.45) is 0. The molecule has 0 spiro atoms. The highest BCUT2D eigenvalue weighted by molar-refractivity contribution is 7.13. The Bertz CT molecular complexity index is 860. The molecule has 3 rings (SSSR count). The Morgan fingerprint density at radius 2 is 1.71 bits per heavy atom. The number of benzene rings is 1. The average Bonchev–Trinajstić information content (AvgIpc) is 3.05. The van der Waals surface area contributed by atoms with Gasteiger partial charge in [0, 0.05) is 31.9 Å². The first-order chi connectivity index (χ1) is 13.4. The predicted molar refractivity (Wildman–Crippen MR) is 105 cm³/mol. The van der Waals surface area contributed by atoms with E-state index in [0.717, 1.165) is 10.7 Å². The second-order valence-electron chi connectivity index (χ2n) is 6.39. The van der Waals surface area contributed by atoms with Crippen LogP contribution in [0.3, 0.4) is 0 Å². The molecule has 1 N–H and O–H groups in total. The van der Waals surface area contributed by atoms with Crippen LogP contribution >= 0.6 is 11.3 Å². The van der Waals surface area contributed by atoms with E-state index in [9.17, 15) is 14.4 Å². The summed E-state index contributed by atoms with van der Waals surface area (Å²) in [5.41, 5.74) is 1.34. The lowest BCUT2D eigenvalue weighted by molar-refractivity contribution is -0.135. The van der Waals surface area contributed by atoms with Crippen molar-refractivity contribution < 1.29 is 19.1 Å². The van der Waals surface area contributed by atoms with Crippen molar-refractivity contribution in [1.29, 1.82) is 0 Å². The van der Waals surface area contributed by atoms with Gasteiger partial charge in [-0.1, -0.05) is 18.2 Å². The number of aromatic nitrogens is 1. The molecule has 0 bridgehead atoms. The van der Waals surface area contributed by atoms with E-state index in [1.54, 1.807) is 16.7 Å². The number of piperazine rings is 1. The molecule has 2 aromatic rings. The Kier molecular flexibility index (Phi) is 6.25. The van der Waals surface area contributed by atoms with Gasteiger partial charge in [-0.25, -0.2) is 14.6 Å². The van der Waals surface area contributed by atoms with Gasteiger partial charge in [0.2, 0.25) is 0 Å². The number of thiazole rings is 1. The fourth-order valence-electron chi connectivity index (χ4n) is 2.89. The third-order valence-electron chi connectivity index (χ3n) is 4.36. The largest absolute Gasteiger partial charge is 0.451 e. The molecule has 1 saturated heterocycles. The first-order valence-electron chi connectivity index (χ1n) is 8.94. The number of aryl methyl sites for hydroxylation is 2. The average molecular weight is 402 g/mol. The van der Waals surface area contributed by atoms with Crippen LogP contribution in [0, 0.1) is 13.8 Å². The minimum atomic E-state index is -0.530. The van der Waals surface area contributed by atoms with Gasteiger partial charge in [0.25, 0.3) is 5.91 Å². The number of ether oxygens (including phenoxy) is 1. The molecule has 0 saturated carbocycles. The number of urea groups is 1. The van der Waals surface area contributed by atoms with Gasteiger partial charge < -0.3 is 19.9 Å². The molecule has 9 heteroatoms. The van der Waals surface area contributed by atoms with Crippen LogP contribution in [0.1, 0.15) is 20.4 Å². The number of nitrogens with one attached hydrogen (secondary N) is 1. The van der Waals surface area contributed by atoms with E-state index in [1.807, 2.05) is 37.3 Å². The number of hydrogen-bond donors (Lipinski definition) is 1. The van der Waals surface area contributed by atoms with Crippen molar-refractivity contribution >= 4 is 34.9 Å². The Hall–Kier alpha value is -2.94. The molecule has 0 unspecified atom stereocenters. The summed E-state index contributed by atoms with van der Waals surface area (Å²) in [5, 5.41) is 3.61. The lowest BCUT2D eigenvalue weighted by atomic mass is 10.3. The Morgan fingerprint density at radius 3 is 2.32 bits per heavy atom. The fourth-order valence-corrected chi connectivity index (χ4v) is 3.70. The standard InChI is InChI=1S/C19H22N4O4S/c1-13-17(28-14(2)20-13)18(25)27-12-16(24)22-8-10-23(11-9-22)19(26)21-15-6-4-3-5-7-15/h3-7H,8-12H2,1-2H3,(H,21,26). The SMILES string of the molecule is Cc1nc(C)c(C(=O)OCC(=O)N2CCN(C(=O)Nc3ccccc3)CC2)s1. The molecule has 0 atom stereocenters. The van der Waals surface area contributed by atoms with E-state index in [4.69, 9.17) is 4.74 Å². The molecule has 1 aliphatic rings. The number of anilines is 1. The topological polar surface area (TPSA) is 91.8 Å². The Balaban J connectivity index is 1.44. The number of carbonyl (C=O) groups is 3. The Morgan fingerprint density at radius 1 is 1.07 bits per heavy atom. The minimum Gasteiger partial charge on any atom is -0.451 e. The lowest BCUT2D eigenvalue weighted by Gasteiger charge is -2.34. The molecule has 148 valence electrons. The molecule has 1 aliphatic heterocycles. The van der Waals surface area contributed by atoms with Crippen LogP contribution in [0.4, 0.5) is 10.5 Å². The zero-order valence-electron chi connectivity index (χ0n) is 15.8. The summed E-state index contributed by atoms with van der Waals surface area (Å²) < 4.78 is 5.14. The highest BCUT2D eigenvalue weighted by Gasteiger charge is 2.25. The summed E-state index contributed by atoms with van der Waals surface area (Å²) in [4.78, 5) is 44.6. The molecular formula is C19H22N4O4S. The number of esters is 1.